The normalized spacial score (nSPS) is 18.8. The van der Waals surface area contributed by atoms with Gasteiger partial charge in [0, 0.05) is 19.2 Å². The topological polar surface area (TPSA) is 96.3 Å². The van der Waals surface area contributed by atoms with Crippen LogP contribution in [0.1, 0.15) is 38.5 Å². The summed E-state index contributed by atoms with van der Waals surface area (Å²) in [7, 11) is 0. The van der Waals surface area contributed by atoms with Gasteiger partial charge >= 0.3 is 6.03 Å². The molecule has 8 nitrogen and oxygen atoms in total. The Morgan fingerprint density at radius 1 is 1.35 bits per heavy atom. The number of nitrogens with zero attached hydrogens (tertiary/aromatic N) is 3. The zero-order valence-corrected chi connectivity index (χ0v) is 14.2. The molecule has 0 unspecified atom stereocenters. The van der Waals surface area contributed by atoms with Crippen LogP contribution in [0.4, 0.5) is 19.3 Å². The molecule has 2 N–H and O–H groups in total. The van der Waals surface area contributed by atoms with E-state index in [0.717, 1.165) is 17.5 Å². The van der Waals surface area contributed by atoms with Crippen LogP contribution in [-0.2, 0) is 16.1 Å². The third kappa shape index (κ3) is 3.83. The monoisotopic (exact) mass is 369 g/mol. The van der Waals surface area contributed by atoms with Gasteiger partial charge in [0.2, 0.25) is 5.91 Å². The lowest BCUT2D eigenvalue weighted by molar-refractivity contribution is -0.131. The highest BCUT2D eigenvalue weighted by Crippen LogP contribution is 2.35. The molecule has 2 aliphatic rings. The average molecular weight is 369 g/mol. The Morgan fingerprint density at radius 2 is 2.08 bits per heavy atom. The summed E-state index contributed by atoms with van der Waals surface area (Å²) in [5.41, 5.74) is -0.408. The van der Waals surface area contributed by atoms with E-state index < -0.39 is 24.5 Å². The van der Waals surface area contributed by atoms with E-state index in [-0.39, 0.29) is 24.8 Å². The number of anilines is 1. The number of carbonyl (C=O) groups excluding carboxylic acids is 3. The van der Waals surface area contributed by atoms with E-state index in [9.17, 15) is 23.2 Å². The van der Waals surface area contributed by atoms with Crippen LogP contribution >= 0.6 is 0 Å². The average Bonchev–Trinajstić information content (AvgIpc) is 3.25. The minimum Gasteiger partial charge on any atom is -0.323 e. The molecule has 10 heteroatoms. The quantitative estimate of drug-likeness (QED) is 0.716. The summed E-state index contributed by atoms with van der Waals surface area (Å²) in [6.45, 7) is -0.367. The summed E-state index contributed by atoms with van der Waals surface area (Å²) >= 11 is 0. The van der Waals surface area contributed by atoms with Crippen LogP contribution in [0.3, 0.4) is 0 Å². The molecule has 4 amide bonds. The van der Waals surface area contributed by atoms with Gasteiger partial charge in [-0.05, 0) is 19.3 Å². The molecule has 142 valence electrons. The smallest absolute Gasteiger partial charge is 0.323 e. The molecule has 1 saturated carbocycles. The van der Waals surface area contributed by atoms with Gasteiger partial charge in [0.1, 0.15) is 12.1 Å². The van der Waals surface area contributed by atoms with Crippen molar-refractivity contribution in [1.29, 1.82) is 0 Å². The fourth-order valence-electron chi connectivity index (χ4n) is 3.49. The Hall–Kier alpha value is -2.52. The molecule has 0 bridgehead atoms. The first-order valence-electron chi connectivity index (χ1n) is 8.64. The summed E-state index contributed by atoms with van der Waals surface area (Å²) in [6, 6.07) is -0.398. The first-order chi connectivity index (χ1) is 12.4. The van der Waals surface area contributed by atoms with E-state index in [0.29, 0.717) is 24.9 Å². The van der Waals surface area contributed by atoms with E-state index in [1.165, 1.54) is 17.3 Å². The maximum absolute atomic E-state index is 12.5. The Bertz CT molecular complexity index is 700. The number of imide groups is 1. The standard InChI is InChI=1S/C16H21F2N5O3/c17-12(18)10-22-9-11(8-19-22)20-13(24)4-3-7-23-14(25)16(21-15(23)26)5-1-2-6-16/h8-9,12H,1-7,10H2,(H,20,24)(H,21,26). The maximum Gasteiger partial charge on any atom is 0.325 e. The molecule has 2 heterocycles. The molecule has 2 fully saturated rings. The van der Waals surface area contributed by atoms with Crippen LogP contribution in [0.5, 0.6) is 0 Å². The van der Waals surface area contributed by atoms with Crippen molar-refractivity contribution >= 4 is 23.5 Å². The molecular formula is C16H21F2N5O3. The number of hydrogen-bond acceptors (Lipinski definition) is 4. The van der Waals surface area contributed by atoms with E-state index in [2.05, 4.69) is 15.7 Å². The van der Waals surface area contributed by atoms with Gasteiger partial charge in [-0.3, -0.25) is 19.2 Å². The van der Waals surface area contributed by atoms with Crippen LogP contribution in [0.15, 0.2) is 12.4 Å². The van der Waals surface area contributed by atoms with Crippen molar-refractivity contribution in [3.63, 3.8) is 0 Å². The Morgan fingerprint density at radius 3 is 2.77 bits per heavy atom. The van der Waals surface area contributed by atoms with Gasteiger partial charge in [0.15, 0.2) is 0 Å². The molecule has 0 atom stereocenters. The highest BCUT2D eigenvalue weighted by molar-refractivity contribution is 6.07. The number of urea groups is 1. The van der Waals surface area contributed by atoms with Crippen LogP contribution < -0.4 is 10.6 Å². The molecule has 1 saturated heterocycles. The summed E-state index contributed by atoms with van der Waals surface area (Å²) < 4.78 is 25.6. The van der Waals surface area contributed by atoms with Crippen molar-refractivity contribution in [2.45, 2.75) is 57.0 Å². The molecule has 1 aromatic heterocycles. The molecule has 1 spiro atoms. The van der Waals surface area contributed by atoms with Crippen molar-refractivity contribution in [3.05, 3.63) is 12.4 Å². The van der Waals surface area contributed by atoms with Gasteiger partial charge in [0.25, 0.3) is 12.3 Å². The lowest BCUT2D eigenvalue weighted by Gasteiger charge is -2.19. The fourth-order valence-corrected chi connectivity index (χ4v) is 3.49. The van der Waals surface area contributed by atoms with E-state index >= 15 is 0 Å². The van der Waals surface area contributed by atoms with E-state index in [1.807, 2.05) is 0 Å². The van der Waals surface area contributed by atoms with Gasteiger partial charge in [-0.1, -0.05) is 12.8 Å². The van der Waals surface area contributed by atoms with E-state index in [4.69, 9.17) is 0 Å². The van der Waals surface area contributed by atoms with Gasteiger partial charge in [-0.25, -0.2) is 13.6 Å². The number of carbonyl (C=O) groups is 3. The number of alkyl halides is 2. The van der Waals surface area contributed by atoms with Gasteiger partial charge in [-0.2, -0.15) is 5.10 Å². The molecule has 1 aromatic rings. The van der Waals surface area contributed by atoms with Crippen molar-refractivity contribution in [1.82, 2.24) is 20.0 Å². The first kappa shape index (κ1) is 18.3. The molecule has 0 radical (unpaired) electrons. The minimum atomic E-state index is -2.52. The third-order valence-electron chi connectivity index (χ3n) is 4.73. The predicted octanol–water partition coefficient (Wildman–Crippen LogP) is 1.73. The zero-order valence-electron chi connectivity index (χ0n) is 14.2. The van der Waals surface area contributed by atoms with E-state index in [1.54, 1.807) is 0 Å². The number of nitrogens with one attached hydrogen (secondary N) is 2. The summed E-state index contributed by atoms with van der Waals surface area (Å²) in [4.78, 5) is 37.6. The fraction of sp³-hybridized carbons (Fsp3) is 0.625. The molecule has 1 aliphatic carbocycles. The maximum atomic E-state index is 12.5. The molecule has 3 rings (SSSR count). The minimum absolute atomic E-state index is 0.101. The molecular weight excluding hydrogens is 348 g/mol. The van der Waals surface area contributed by atoms with Gasteiger partial charge in [-0.15, -0.1) is 0 Å². The summed E-state index contributed by atoms with van der Waals surface area (Å²) in [5.74, 6) is -0.530. The Kier molecular flexibility index (Phi) is 5.19. The number of halogens is 2. The Balaban J connectivity index is 1.44. The van der Waals surface area contributed by atoms with Crippen LogP contribution in [0.25, 0.3) is 0 Å². The zero-order chi connectivity index (χ0) is 18.7. The first-order valence-corrected chi connectivity index (χ1v) is 8.64. The largest absolute Gasteiger partial charge is 0.325 e. The highest BCUT2D eigenvalue weighted by Gasteiger charge is 2.51. The molecule has 26 heavy (non-hydrogen) atoms. The lowest BCUT2D eigenvalue weighted by Crippen LogP contribution is -2.44. The number of hydrogen-bond donors (Lipinski definition) is 2. The van der Waals surface area contributed by atoms with Crippen LogP contribution in [-0.4, -0.2) is 51.0 Å². The van der Waals surface area contributed by atoms with Crippen molar-refractivity contribution in [3.8, 4) is 0 Å². The second kappa shape index (κ2) is 7.38. The summed E-state index contributed by atoms with van der Waals surface area (Å²) in [5, 5.41) is 9.08. The number of rotatable bonds is 7. The number of amides is 4. The highest BCUT2D eigenvalue weighted by atomic mass is 19.3. The van der Waals surface area contributed by atoms with Crippen LogP contribution in [0.2, 0.25) is 0 Å². The second-order valence-electron chi connectivity index (χ2n) is 6.67. The third-order valence-corrected chi connectivity index (χ3v) is 4.73. The Labute approximate surface area is 148 Å². The SMILES string of the molecule is O=C(CCCN1C(=O)NC2(CCCC2)C1=O)Nc1cnn(CC(F)F)c1. The summed E-state index contributed by atoms with van der Waals surface area (Å²) in [6.07, 6.45) is 3.69. The van der Waals surface area contributed by atoms with Crippen molar-refractivity contribution < 1.29 is 23.2 Å². The lowest BCUT2D eigenvalue weighted by atomic mass is 9.98. The van der Waals surface area contributed by atoms with Crippen molar-refractivity contribution in [2.24, 2.45) is 0 Å². The molecule has 0 aromatic carbocycles. The van der Waals surface area contributed by atoms with Gasteiger partial charge in [0.05, 0.1) is 11.9 Å². The van der Waals surface area contributed by atoms with Crippen molar-refractivity contribution in [2.75, 3.05) is 11.9 Å². The second-order valence-corrected chi connectivity index (χ2v) is 6.67. The van der Waals surface area contributed by atoms with Gasteiger partial charge < -0.3 is 10.6 Å². The molecule has 1 aliphatic heterocycles. The van der Waals surface area contributed by atoms with Crippen LogP contribution in [0, 0.1) is 0 Å². The number of aromatic nitrogens is 2. The predicted molar refractivity (Wildman–Crippen MR) is 87.5 cm³/mol.